The summed E-state index contributed by atoms with van der Waals surface area (Å²) in [5, 5.41) is 2.68. The molecular formula is C12H13F3N2O2S. The molecule has 2 rings (SSSR count). The molecule has 0 saturated heterocycles. The van der Waals surface area contributed by atoms with Gasteiger partial charge in [-0.25, -0.2) is 0 Å². The molecule has 1 aromatic carbocycles. The fourth-order valence-corrected chi connectivity index (χ4v) is 2.96. The van der Waals surface area contributed by atoms with Crippen molar-refractivity contribution >= 4 is 21.5 Å². The van der Waals surface area contributed by atoms with Crippen LogP contribution in [0.25, 0.3) is 0 Å². The lowest BCUT2D eigenvalue weighted by molar-refractivity contribution is -0.137. The summed E-state index contributed by atoms with van der Waals surface area (Å²) in [4.78, 5) is -0.251. The lowest BCUT2D eigenvalue weighted by atomic mass is 9.95. The summed E-state index contributed by atoms with van der Waals surface area (Å²) in [6.45, 7) is 5.15. The number of anilines is 1. The van der Waals surface area contributed by atoms with Crippen molar-refractivity contribution in [1.82, 2.24) is 0 Å². The number of sulfonamides is 1. The molecule has 1 aromatic rings. The molecule has 0 fully saturated rings. The Balaban J connectivity index is 2.60. The highest BCUT2D eigenvalue weighted by Crippen LogP contribution is 2.37. The molecule has 0 spiro atoms. The second-order valence-corrected chi connectivity index (χ2v) is 7.07. The van der Waals surface area contributed by atoms with Gasteiger partial charge in [-0.05, 0) is 18.2 Å². The van der Waals surface area contributed by atoms with Crippen LogP contribution in [0.5, 0.6) is 0 Å². The number of hydrogen-bond acceptors (Lipinski definition) is 3. The molecule has 1 aliphatic rings. The quantitative estimate of drug-likeness (QED) is 0.800. The molecule has 0 unspecified atom stereocenters. The maximum Gasteiger partial charge on any atom is 0.416 e. The molecule has 8 heteroatoms. The largest absolute Gasteiger partial charge is 0.416 e. The van der Waals surface area contributed by atoms with Crippen molar-refractivity contribution in [3.63, 3.8) is 0 Å². The number of nitrogens with zero attached hydrogens (tertiary/aromatic N) is 1. The molecule has 0 amide bonds. The van der Waals surface area contributed by atoms with Crippen LogP contribution in [0.1, 0.15) is 26.3 Å². The van der Waals surface area contributed by atoms with Crippen LogP contribution in [-0.4, -0.2) is 14.3 Å². The normalized spacial score (nSPS) is 18.0. The van der Waals surface area contributed by atoms with Crippen molar-refractivity contribution in [2.75, 3.05) is 5.32 Å². The number of nitrogens with one attached hydrogen (secondary N) is 1. The highest BCUT2D eigenvalue weighted by Gasteiger charge is 2.35. The smallest absolute Gasteiger partial charge is 0.341 e. The van der Waals surface area contributed by atoms with E-state index < -0.39 is 27.2 Å². The molecular weight excluding hydrogens is 293 g/mol. The molecule has 0 radical (unpaired) electrons. The molecule has 0 atom stereocenters. The lowest BCUT2D eigenvalue weighted by Crippen LogP contribution is -2.32. The minimum atomic E-state index is -4.53. The third-order valence-electron chi connectivity index (χ3n) is 2.76. The van der Waals surface area contributed by atoms with Crippen LogP contribution in [0, 0.1) is 5.41 Å². The molecule has 0 bridgehead atoms. The van der Waals surface area contributed by atoms with Crippen LogP contribution in [0.3, 0.4) is 0 Å². The first-order valence-corrected chi connectivity index (χ1v) is 7.19. The summed E-state index contributed by atoms with van der Waals surface area (Å²) in [7, 11) is -3.98. The highest BCUT2D eigenvalue weighted by atomic mass is 32.2. The average Bonchev–Trinajstić information content (AvgIpc) is 2.24. The molecule has 0 aliphatic carbocycles. The fourth-order valence-electron chi connectivity index (χ4n) is 1.67. The Morgan fingerprint density at radius 1 is 1.15 bits per heavy atom. The van der Waals surface area contributed by atoms with Crippen LogP contribution in [-0.2, 0) is 16.2 Å². The Morgan fingerprint density at radius 2 is 1.75 bits per heavy atom. The van der Waals surface area contributed by atoms with Gasteiger partial charge in [-0.1, -0.05) is 20.8 Å². The van der Waals surface area contributed by atoms with Gasteiger partial charge < -0.3 is 5.32 Å². The Labute approximate surface area is 114 Å². The van der Waals surface area contributed by atoms with Crippen LogP contribution in [0.4, 0.5) is 18.9 Å². The van der Waals surface area contributed by atoms with Crippen molar-refractivity contribution in [3.8, 4) is 0 Å². The van der Waals surface area contributed by atoms with Crippen molar-refractivity contribution in [2.45, 2.75) is 31.8 Å². The lowest BCUT2D eigenvalue weighted by Gasteiger charge is -2.27. The first-order chi connectivity index (χ1) is 8.91. The van der Waals surface area contributed by atoms with Crippen LogP contribution < -0.4 is 5.32 Å². The SMILES string of the molecule is CC(C)(C)C1=NS(=O)(=O)c2ccc(C(F)(F)F)cc2N1. The predicted octanol–water partition coefficient (Wildman–Crippen LogP) is 3.26. The van der Waals surface area contributed by atoms with Crippen molar-refractivity contribution in [1.29, 1.82) is 0 Å². The number of fused-ring (bicyclic) bond motifs is 1. The minimum absolute atomic E-state index is 0.0975. The van der Waals surface area contributed by atoms with E-state index in [9.17, 15) is 21.6 Å². The maximum atomic E-state index is 12.7. The van der Waals surface area contributed by atoms with Crippen LogP contribution >= 0.6 is 0 Å². The molecule has 4 nitrogen and oxygen atoms in total. The van der Waals surface area contributed by atoms with E-state index in [0.29, 0.717) is 0 Å². The number of alkyl halides is 3. The summed E-state index contributed by atoms with van der Waals surface area (Å²) in [6, 6.07) is 2.44. The summed E-state index contributed by atoms with van der Waals surface area (Å²) in [5.74, 6) is 0.115. The van der Waals surface area contributed by atoms with Gasteiger partial charge >= 0.3 is 6.18 Å². The minimum Gasteiger partial charge on any atom is -0.341 e. The van der Waals surface area contributed by atoms with E-state index in [1.165, 1.54) is 0 Å². The molecule has 20 heavy (non-hydrogen) atoms. The van der Waals surface area contributed by atoms with Gasteiger partial charge in [0.05, 0.1) is 11.3 Å². The average molecular weight is 306 g/mol. The summed E-state index contributed by atoms with van der Waals surface area (Å²) in [6.07, 6.45) is -4.53. The summed E-state index contributed by atoms with van der Waals surface area (Å²) < 4.78 is 65.6. The molecule has 1 heterocycles. The number of rotatable bonds is 0. The van der Waals surface area contributed by atoms with Gasteiger partial charge in [0, 0.05) is 5.41 Å². The Kier molecular flexibility index (Phi) is 3.12. The van der Waals surface area contributed by atoms with E-state index in [1.54, 1.807) is 20.8 Å². The number of hydrogen-bond donors (Lipinski definition) is 1. The maximum absolute atomic E-state index is 12.7. The fraction of sp³-hybridized carbons (Fsp3) is 0.417. The molecule has 1 aliphatic heterocycles. The number of benzene rings is 1. The van der Waals surface area contributed by atoms with E-state index >= 15 is 0 Å². The van der Waals surface area contributed by atoms with Gasteiger partial charge in [-0.2, -0.15) is 21.6 Å². The number of amidine groups is 1. The van der Waals surface area contributed by atoms with Gasteiger partial charge in [-0.15, -0.1) is 4.40 Å². The molecule has 1 N–H and O–H groups in total. The highest BCUT2D eigenvalue weighted by molar-refractivity contribution is 7.90. The van der Waals surface area contributed by atoms with E-state index in [4.69, 9.17) is 0 Å². The first-order valence-electron chi connectivity index (χ1n) is 5.75. The van der Waals surface area contributed by atoms with Gasteiger partial charge in [0.25, 0.3) is 10.0 Å². The van der Waals surface area contributed by atoms with Crippen molar-refractivity contribution in [2.24, 2.45) is 9.81 Å². The van der Waals surface area contributed by atoms with Gasteiger partial charge in [0.15, 0.2) is 0 Å². The standard InChI is InChI=1S/C12H13F3N2O2S/c1-11(2,3)10-16-8-6-7(12(13,14)15)4-5-9(8)20(18,19)17-10/h4-6H,1-3H3,(H,16,17). The van der Waals surface area contributed by atoms with E-state index in [1.807, 2.05) is 0 Å². The second-order valence-electron chi connectivity index (χ2n) is 5.50. The van der Waals surface area contributed by atoms with E-state index in [0.717, 1.165) is 18.2 Å². The van der Waals surface area contributed by atoms with Gasteiger partial charge in [0.1, 0.15) is 10.7 Å². The van der Waals surface area contributed by atoms with Crippen LogP contribution in [0.15, 0.2) is 27.5 Å². The van der Waals surface area contributed by atoms with E-state index in [2.05, 4.69) is 9.71 Å². The third-order valence-corrected chi connectivity index (χ3v) is 4.09. The Morgan fingerprint density at radius 3 is 2.25 bits per heavy atom. The Hall–Kier alpha value is -1.57. The first kappa shape index (κ1) is 14.8. The van der Waals surface area contributed by atoms with Crippen molar-refractivity contribution < 1.29 is 21.6 Å². The Bertz CT molecular complexity index is 686. The van der Waals surface area contributed by atoms with Crippen LogP contribution in [0.2, 0.25) is 0 Å². The monoisotopic (exact) mass is 306 g/mol. The zero-order valence-electron chi connectivity index (χ0n) is 11.0. The molecule has 0 saturated carbocycles. The summed E-state index contributed by atoms with van der Waals surface area (Å²) in [5.41, 5.74) is -1.63. The third kappa shape index (κ3) is 2.65. The zero-order chi connectivity index (χ0) is 15.3. The zero-order valence-corrected chi connectivity index (χ0v) is 11.9. The van der Waals surface area contributed by atoms with Gasteiger partial charge in [0.2, 0.25) is 0 Å². The molecule has 0 aromatic heterocycles. The van der Waals surface area contributed by atoms with Gasteiger partial charge in [-0.3, -0.25) is 0 Å². The number of halogens is 3. The topological polar surface area (TPSA) is 58.5 Å². The van der Waals surface area contributed by atoms with E-state index in [-0.39, 0.29) is 16.4 Å². The second kappa shape index (κ2) is 4.21. The predicted molar refractivity (Wildman–Crippen MR) is 69.1 cm³/mol. The summed E-state index contributed by atoms with van der Waals surface area (Å²) >= 11 is 0. The van der Waals surface area contributed by atoms with Crippen molar-refractivity contribution in [3.05, 3.63) is 23.8 Å². The molecule has 110 valence electrons.